The van der Waals surface area contributed by atoms with Gasteiger partial charge in [-0.25, -0.2) is 0 Å². The summed E-state index contributed by atoms with van der Waals surface area (Å²) in [5.41, 5.74) is 0. The number of nitrogens with one attached hydrogen (secondary N) is 2. The minimum atomic E-state index is 0.125. The molecule has 1 saturated heterocycles. The van der Waals surface area contributed by atoms with E-state index in [2.05, 4.69) is 15.5 Å². The molecule has 1 aliphatic heterocycles. The summed E-state index contributed by atoms with van der Waals surface area (Å²) in [7, 11) is 0. The van der Waals surface area contributed by atoms with Crippen molar-refractivity contribution >= 4 is 17.2 Å². The lowest BCUT2D eigenvalue weighted by atomic mass is 10.3. The van der Waals surface area contributed by atoms with Crippen molar-refractivity contribution in [3.63, 3.8) is 0 Å². The number of hydrogen-bond acceptors (Lipinski definition) is 4. The largest absolute Gasteiger partial charge is 0.350 e. The Morgan fingerprint density at radius 2 is 2.41 bits per heavy atom. The second kappa shape index (κ2) is 6.74. The summed E-state index contributed by atoms with van der Waals surface area (Å²) in [6, 6.07) is 4.05. The average molecular weight is 253 g/mol. The van der Waals surface area contributed by atoms with Gasteiger partial charge in [0.05, 0.1) is 13.1 Å². The van der Waals surface area contributed by atoms with Gasteiger partial charge in [-0.15, -0.1) is 11.3 Å². The number of thiophene rings is 1. The molecule has 17 heavy (non-hydrogen) atoms. The molecule has 1 fully saturated rings. The molecule has 2 N–H and O–H groups in total. The Kier molecular flexibility index (Phi) is 4.97. The van der Waals surface area contributed by atoms with Crippen LogP contribution in [-0.4, -0.2) is 43.5 Å². The van der Waals surface area contributed by atoms with E-state index < -0.39 is 0 Å². The van der Waals surface area contributed by atoms with E-state index in [-0.39, 0.29) is 5.91 Å². The van der Waals surface area contributed by atoms with Crippen molar-refractivity contribution in [2.24, 2.45) is 0 Å². The van der Waals surface area contributed by atoms with Crippen molar-refractivity contribution in [3.8, 4) is 0 Å². The van der Waals surface area contributed by atoms with Crippen molar-refractivity contribution in [1.82, 2.24) is 15.5 Å². The number of carbonyl (C=O) groups is 1. The fourth-order valence-corrected chi connectivity index (χ4v) is 2.56. The third kappa shape index (κ3) is 4.46. The van der Waals surface area contributed by atoms with Crippen LogP contribution < -0.4 is 10.6 Å². The van der Waals surface area contributed by atoms with Crippen LogP contribution in [0.25, 0.3) is 0 Å². The van der Waals surface area contributed by atoms with Gasteiger partial charge in [-0.1, -0.05) is 6.07 Å². The minimum absolute atomic E-state index is 0.125. The maximum atomic E-state index is 11.8. The van der Waals surface area contributed by atoms with Gasteiger partial charge in [-0.05, 0) is 31.0 Å². The third-order valence-corrected chi connectivity index (χ3v) is 3.72. The predicted molar refractivity (Wildman–Crippen MR) is 70.1 cm³/mol. The van der Waals surface area contributed by atoms with E-state index in [1.54, 1.807) is 11.3 Å². The van der Waals surface area contributed by atoms with Gasteiger partial charge in [0.1, 0.15) is 0 Å². The van der Waals surface area contributed by atoms with Crippen LogP contribution in [0.4, 0.5) is 0 Å². The lowest BCUT2D eigenvalue weighted by Gasteiger charge is -2.18. The molecule has 0 saturated carbocycles. The van der Waals surface area contributed by atoms with Crippen LogP contribution in [0.5, 0.6) is 0 Å². The first-order valence-electron chi connectivity index (χ1n) is 6.07. The van der Waals surface area contributed by atoms with E-state index in [1.807, 2.05) is 17.5 Å². The highest BCUT2D eigenvalue weighted by Gasteiger charge is 2.12. The van der Waals surface area contributed by atoms with Crippen LogP contribution in [0, 0.1) is 0 Å². The SMILES string of the molecule is O=C(CN1CCCNCC1)NCc1cccs1. The molecule has 1 aromatic rings. The normalized spacial score (nSPS) is 17.6. The van der Waals surface area contributed by atoms with E-state index in [0.717, 1.165) is 32.6 Å². The molecule has 1 amide bonds. The quantitative estimate of drug-likeness (QED) is 0.828. The van der Waals surface area contributed by atoms with E-state index in [4.69, 9.17) is 0 Å². The van der Waals surface area contributed by atoms with Gasteiger partial charge in [-0.2, -0.15) is 0 Å². The smallest absolute Gasteiger partial charge is 0.234 e. The van der Waals surface area contributed by atoms with Gasteiger partial charge < -0.3 is 10.6 Å². The summed E-state index contributed by atoms with van der Waals surface area (Å²) in [6.07, 6.45) is 1.12. The first-order valence-corrected chi connectivity index (χ1v) is 6.95. The van der Waals surface area contributed by atoms with Crippen molar-refractivity contribution in [2.45, 2.75) is 13.0 Å². The molecular formula is C12H19N3OS. The summed E-state index contributed by atoms with van der Waals surface area (Å²) in [4.78, 5) is 15.2. The predicted octanol–water partition coefficient (Wildman–Crippen LogP) is 0.660. The number of nitrogens with zero attached hydrogens (tertiary/aromatic N) is 1. The zero-order chi connectivity index (χ0) is 11.9. The van der Waals surface area contributed by atoms with Crippen molar-refractivity contribution in [3.05, 3.63) is 22.4 Å². The lowest BCUT2D eigenvalue weighted by molar-refractivity contribution is -0.122. The molecular weight excluding hydrogens is 234 g/mol. The Labute approximate surface area is 106 Å². The van der Waals surface area contributed by atoms with Crippen LogP contribution in [-0.2, 0) is 11.3 Å². The molecule has 1 aliphatic rings. The monoisotopic (exact) mass is 253 g/mol. The Balaban J connectivity index is 1.69. The molecule has 4 nitrogen and oxygen atoms in total. The third-order valence-electron chi connectivity index (χ3n) is 2.84. The number of carbonyl (C=O) groups excluding carboxylic acids is 1. The fraction of sp³-hybridized carbons (Fsp3) is 0.583. The summed E-state index contributed by atoms with van der Waals surface area (Å²) < 4.78 is 0. The molecule has 0 radical (unpaired) electrons. The first kappa shape index (κ1) is 12.5. The summed E-state index contributed by atoms with van der Waals surface area (Å²) >= 11 is 1.68. The second-order valence-electron chi connectivity index (χ2n) is 4.24. The lowest BCUT2D eigenvalue weighted by Crippen LogP contribution is -2.38. The van der Waals surface area contributed by atoms with Gasteiger partial charge in [0, 0.05) is 18.0 Å². The Morgan fingerprint density at radius 1 is 1.47 bits per heavy atom. The van der Waals surface area contributed by atoms with Crippen LogP contribution in [0.1, 0.15) is 11.3 Å². The van der Waals surface area contributed by atoms with Crippen LogP contribution in [0.2, 0.25) is 0 Å². The van der Waals surface area contributed by atoms with Crippen molar-refractivity contribution < 1.29 is 4.79 Å². The Hall–Kier alpha value is -0.910. The standard InChI is InChI=1S/C12H19N3OS/c16-12(14-9-11-3-1-8-17-11)10-15-6-2-4-13-5-7-15/h1,3,8,13H,2,4-7,9-10H2,(H,14,16). The molecule has 1 aromatic heterocycles. The molecule has 2 heterocycles. The zero-order valence-corrected chi connectivity index (χ0v) is 10.8. The van der Waals surface area contributed by atoms with E-state index in [9.17, 15) is 4.79 Å². The highest BCUT2D eigenvalue weighted by Crippen LogP contribution is 2.07. The van der Waals surface area contributed by atoms with Gasteiger partial charge in [0.2, 0.25) is 5.91 Å². The molecule has 0 aromatic carbocycles. The van der Waals surface area contributed by atoms with Gasteiger partial charge >= 0.3 is 0 Å². The summed E-state index contributed by atoms with van der Waals surface area (Å²) in [5.74, 6) is 0.125. The molecule has 0 bridgehead atoms. The van der Waals surface area contributed by atoms with Crippen LogP contribution >= 0.6 is 11.3 Å². The fourth-order valence-electron chi connectivity index (χ4n) is 1.92. The van der Waals surface area contributed by atoms with Crippen LogP contribution in [0.3, 0.4) is 0 Å². The van der Waals surface area contributed by atoms with Crippen LogP contribution in [0.15, 0.2) is 17.5 Å². The Morgan fingerprint density at radius 3 is 3.24 bits per heavy atom. The van der Waals surface area contributed by atoms with Gasteiger partial charge in [0.15, 0.2) is 0 Å². The molecule has 2 rings (SSSR count). The van der Waals surface area contributed by atoms with E-state index >= 15 is 0 Å². The zero-order valence-electron chi connectivity index (χ0n) is 9.95. The Bertz CT molecular complexity index is 332. The second-order valence-corrected chi connectivity index (χ2v) is 5.27. The molecule has 5 heteroatoms. The molecule has 0 unspecified atom stereocenters. The number of rotatable bonds is 4. The van der Waals surface area contributed by atoms with E-state index in [0.29, 0.717) is 13.1 Å². The number of amides is 1. The van der Waals surface area contributed by atoms with Crippen molar-refractivity contribution in [1.29, 1.82) is 0 Å². The first-order chi connectivity index (χ1) is 8.34. The molecule has 0 atom stereocenters. The summed E-state index contributed by atoms with van der Waals surface area (Å²) in [5, 5.41) is 8.33. The van der Waals surface area contributed by atoms with E-state index in [1.165, 1.54) is 4.88 Å². The minimum Gasteiger partial charge on any atom is -0.350 e. The average Bonchev–Trinajstić information content (AvgIpc) is 2.72. The number of hydrogen-bond donors (Lipinski definition) is 2. The molecule has 0 aliphatic carbocycles. The van der Waals surface area contributed by atoms with Gasteiger partial charge in [0.25, 0.3) is 0 Å². The molecule has 0 spiro atoms. The maximum Gasteiger partial charge on any atom is 0.234 e. The van der Waals surface area contributed by atoms with Crippen molar-refractivity contribution in [2.75, 3.05) is 32.7 Å². The maximum absolute atomic E-state index is 11.8. The van der Waals surface area contributed by atoms with Gasteiger partial charge in [-0.3, -0.25) is 9.69 Å². The topological polar surface area (TPSA) is 44.4 Å². The highest BCUT2D eigenvalue weighted by molar-refractivity contribution is 7.09. The summed E-state index contributed by atoms with van der Waals surface area (Å²) in [6.45, 7) is 5.20. The highest BCUT2D eigenvalue weighted by atomic mass is 32.1. The molecule has 94 valence electrons.